The maximum absolute atomic E-state index is 12.8. The second-order valence-electron chi connectivity index (χ2n) is 7.71. The number of halogens is 3. The lowest BCUT2D eigenvalue weighted by atomic mass is 9.87. The molecule has 0 aliphatic rings. The van der Waals surface area contributed by atoms with E-state index in [-0.39, 0.29) is 17.9 Å². The fraction of sp³-hybridized carbons (Fsp3) is 0.409. The summed E-state index contributed by atoms with van der Waals surface area (Å²) in [6, 6.07) is 12.5. The van der Waals surface area contributed by atoms with Crippen molar-refractivity contribution in [2.24, 2.45) is 0 Å². The minimum Gasteiger partial charge on any atom is -0.481 e. The highest BCUT2D eigenvalue weighted by Crippen LogP contribution is 2.29. The first-order valence-electron chi connectivity index (χ1n) is 9.21. The molecule has 152 valence electrons. The van der Waals surface area contributed by atoms with E-state index in [2.05, 4.69) is 26.1 Å². The number of hydrogen-bond donors (Lipinski definition) is 1. The predicted octanol–water partition coefficient (Wildman–Crippen LogP) is 5.48. The Balaban J connectivity index is 1.98. The van der Waals surface area contributed by atoms with Gasteiger partial charge in [0.2, 0.25) is 0 Å². The van der Waals surface area contributed by atoms with Crippen molar-refractivity contribution in [2.45, 2.75) is 58.4 Å². The van der Waals surface area contributed by atoms with Crippen LogP contribution >= 0.6 is 0 Å². The Kier molecular flexibility index (Phi) is 6.75. The zero-order valence-corrected chi connectivity index (χ0v) is 16.6. The number of carbonyl (C=O) groups is 1. The molecule has 0 aliphatic heterocycles. The van der Waals surface area contributed by atoms with Gasteiger partial charge >= 0.3 is 6.18 Å². The zero-order valence-electron chi connectivity index (χ0n) is 16.6. The molecular formula is C22H26F3NO2. The number of carbonyl (C=O) groups excluding carboxylic acids is 1. The van der Waals surface area contributed by atoms with E-state index in [0.29, 0.717) is 17.7 Å². The van der Waals surface area contributed by atoms with Crippen LogP contribution in [0, 0.1) is 0 Å². The van der Waals surface area contributed by atoms with Gasteiger partial charge in [-0.1, -0.05) is 52.0 Å². The van der Waals surface area contributed by atoms with Crippen molar-refractivity contribution >= 4 is 5.91 Å². The average Bonchev–Trinajstić information content (AvgIpc) is 2.63. The smallest absolute Gasteiger partial charge is 0.416 e. The molecule has 0 spiro atoms. The minimum atomic E-state index is -4.41. The van der Waals surface area contributed by atoms with E-state index in [9.17, 15) is 18.0 Å². The molecule has 1 N–H and O–H groups in total. The van der Waals surface area contributed by atoms with Crippen molar-refractivity contribution in [3.63, 3.8) is 0 Å². The van der Waals surface area contributed by atoms with E-state index in [1.807, 2.05) is 31.2 Å². The third-order valence-electron chi connectivity index (χ3n) is 4.38. The second kappa shape index (κ2) is 8.67. The SMILES string of the molecule is CC[C@@H](Oc1ccc(C(C)(C)C)cc1)C(=O)NCc1cccc(C(F)(F)F)c1. The van der Waals surface area contributed by atoms with E-state index in [4.69, 9.17) is 4.74 Å². The van der Waals surface area contributed by atoms with Gasteiger partial charge in [0.1, 0.15) is 5.75 Å². The summed E-state index contributed by atoms with van der Waals surface area (Å²) in [6.07, 6.45) is -4.68. The third kappa shape index (κ3) is 6.01. The molecule has 3 nitrogen and oxygen atoms in total. The standard InChI is InChI=1S/C22H26F3NO2/c1-5-19(28-18-11-9-16(10-12-18)21(2,3)4)20(27)26-14-15-7-6-8-17(13-15)22(23,24)25/h6-13,19H,5,14H2,1-4H3,(H,26,27)/t19-/m1/s1. The lowest BCUT2D eigenvalue weighted by Crippen LogP contribution is -2.37. The molecule has 0 unspecified atom stereocenters. The summed E-state index contributed by atoms with van der Waals surface area (Å²) in [5, 5.41) is 2.65. The summed E-state index contributed by atoms with van der Waals surface area (Å²) >= 11 is 0. The van der Waals surface area contributed by atoms with Crippen LogP contribution in [0.15, 0.2) is 48.5 Å². The van der Waals surface area contributed by atoms with Gasteiger partial charge in [-0.25, -0.2) is 0 Å². The Labute approximate surface area is 163 Å². The summed E-state index contributed by atoms with van der Waals surface area (Å²) in [5.74, 6) is 0.217. The van der Waals surface area contributed by atoms with Crippen LogP contribution in [0.4, 0.5) is 13.2 Å². The number of nitrogens with one attached hydrogen (secondary N) is 1. The number of hydrogen-bond acceptors (Lipinski definition) is 2. The first-order valence-corrected chi connectivity index (χ1v) is 9.21. The molecule has 0 bridgehead atoms. The van der Waals surface area contributed by atoms with Gasteiger partial charge in [0.05, 0.1) is 5.56 Å². The quantitative estimate of drug-likeness (QED) is 0.706. The Hall–Kier alpha value is -2.50. The Bertz CT molecular complexity index is 793. The van der Waals surface area contributed by atoms with Crippen LogP contribution in [0.1, 0.15) is 50.8 Å². The van der Waals surface area contributed by atoms with Crippen molar-refractivity contribution < 1.29 is 22.7 Å². The fourth-order valence-corrected chi connectivity index (χ4v) is 2.68. The van der Waals surface area contributed by atoms with E-state index in [1.165, 1.54) is 6.07 Å². The van der Waals surface area contributed by atoms with Gasteiger partial charge < -0.3 is 10.1 Å². The fourth-order valence-electron chi connectivity index (χ4n) is 2.68. The van der Waals surface area contributed by atoms with Crippen LogP contribution in [-0.2, 0) is 22.9 Å². The Morgan fingerprint density at radius 1 is 1.04 bits per heavy atom. The summed E-state index contributed by atoms with van der Waals surface area (Å²) in [7, 11) is 0. The monoisotopic (exact) mass is 393 g/mol. The Morgan fingerprint density at radius 3 is 2.21 bits per heavy atom. The van der Waals surface area contributed by atoms with Crippen LogP contribution in [-0.4, -0.2) is 12.0 Å². The lowest BCUT2D eigenvalue weighted by molar-refractivity contribution is -0.137. The van der Waals surface area contributed by atoms with Crippen LogP contribution < -0.4 is 10.1 Å². The van der Waals surface area contributed by atoms with Crippen molar-refractivity contribution in [3.05, 3.63) is 65.2 Å². The summed E-state index contributed by atoms with van der Waals surface area (Å²) in [5.41, 5.74) is 0.821. The molecule has 0 heterocycles. The van der Waals surface area contributed by atoms with Crippen molar-refractivity contribution in [1.29, 1.82) is 0 Å². The third-order valence-corrected chi connectivity index (χ3v) is 4.38. The van der Waals surface area contributed by atoms with E-state index >= 15 is 0 Å². The maximum Gasteiger partial charge on any atom is 0.416 e. The molecule has 2 aromatic carbocycles. The first-order chi connectivity index (χ1) is 13.0. The maximum atomic E-state index is 12.8. The highest BCUT2D eigenvalue weighted by molar-refractivity contribution is 5.81. The summed E-state index contributed by atoms with van der Waals surface area (Å²) < 4.78 is 44.1. The Morgan fingerprint density at radius 2 is 1.68 bits per heavy atom. The molecule has 0 aliphatic carbocycles. The van der Waals surface area contributed by atoms with Gasteiger partial charge in [-0.05, 0) is 47.2 Å². The van der Waals surface area contributed by atoms with Gasteiger partial charge in [-0.15, -0.1) is 0 Å². The summed E-state index contributed by atoms with van der Waals surface area (Å²) in [4.78, 5) is 12.4. The highest BCUT2D eigenvalue weighted by Gasteiger charge is 2.30. The molecular weight excluding hydrogens is 367 g/mol. The largest absolute Gasteiger partial charge is 0.481 e. The van der Waals surface area contributed by atoms with Gasteiger partial charge in [-0.2, -0.15) is 13.2 Å². The summed E-state index contributed by atoms with van der Waals surface area (Å²) in [6.45, 7) is 8.15. The molecule has 1 amide bonds. The number of ether oxygens (including phenoxy) is 1. The second-order valence-corrected chi connectivity index (χ2v) is 7.71. The highest BCUT2D eigenvalue weighted by atomic mass is 19.4. The van der Waals surface area contributed by atoms with E-state index in [0.717, 1.165) is 17.7 Å². The predicted molar refractivity (Wildman–Crippen MR) is 103 cm³/mol. The molecule has 28 heavy (non-hydrogen) atoms. The topological polar surface area (TPSA) is 38.3 Å². The molecule has 0 saturated heterocycles. The molecule has 2 rings (SSSR count). The molecule has 0 fully saturated rings. The molecule has 6 heteroatoms. The van der Waals surface area contributed by atoms with Crippen LogP contribution in [0.2, 0.25) is 0 Å². The van der Waals surface area contributed by atoms with Gasteiger partial charge in [-0.3, -0.25) is 4.79 Å². The van der Waals surface area contributed by atoms with Crippen molar-refractivity contribution in [1.82, 2.24) is 5.32 Å². The molecule has 0 aromatic heterocycles. The minimum absolute atomic E-state index is 0.00553. The number of alkyl halides is 3. The molecule has 2 aromatic rings. The van der Waals surface area contributed by atoms with Crippen LogP contribution in [0.3, 0.4) is 0 Å². The van der Waals surface area contributed by atoms with Gasteiger partial charge in [0.15, 0.2) is 6.10 Å². The lowest BCUT2D eigenvalue weighted by Gasteiger charge is -2.21. The number of rotatable bonds is 6. The molecule has 0 saturated carbocycles. The number of benzene rings is 2. The normalized spacial score (nSPS) is 13.1. The van der Waals surface area contributed by atoms with E-state index in [1.54, 1.807) is 6.07 Å². The van der Waals surface area contributed by atoms with Gasteiger partial charge in [0, 0.05) is 6.54 Å². The van der Waals surface area contributed by atoms with Crippen molar-refractivity contribution in [2.75, 3.05) is 0 Å². The molecule has 0 radical (unpaired) electrons. The van der Waals surface area contributed by atoms with Gasteiger partial charge in [0.25, 0.3) is 5.91 Å². The van der Waals surface area contributed by atoms with Crippen LogP contribution in [0.5, 0.6) is 5.75 Å². The molecule has 1 atom stereocenters. The van der Waals surface area contributed by atoms with Crippen molar-refractivity contribution in [3.8, 4) is 5.75 Å². The zero-order chi connectivity index (χ0) is 20.9. The van der Waals surface area contributed by atoms with E-state index < -0.39 is 17.8 Å². The average molecular weight is 393 g/mol. The first kappa shape index (κ1) is 21.8. The number of amides is 1. The van der Waals surface area contributed by atoms with Crippen LogP contribution in [0.25, 0.3) is 0 Å².